The number of nitriles is 1. The van der Waals surface area contributed by atoms with Gasteiger partial charge in [-0.1, -0.05) is 12.8 Å². The summed E-state index contributed by atoms with van der Waals surface area (Å²) in [5.41, 5.74) is -0.152. The molecule has 1 heterocycles. The molecule has 1 saturated carbocycles. The van der Waals surface area contributed by atoms with Gasteiger partial charge in [-0.15, -0.1) is 11.3 Å². The predicted octanol–water partition coefficient (Wildman–Crippen LogP) is 2.27. The van der Waals surface area contributed by atoms with Crippen LogP contribution < -0.4 is 0 Å². The van der Waals surface area contributed by atoms with E-state index in [-0.39, 0.29) is 0 Å². The van der Waals surface area contributed by atoms with Gasteiger partial charge in [-0.05, 0) is 12.8 Å². The Balaban J connectivity index is 2.31. The highest BCUT2D eigenvalue weighted by Gasteiger charge is 2.38. The minimum Gasteiger partial charge on any atom is -0.464 e. The smallest absolute Gasteiger partial charge is 0.357 e. The van der Waals surface area contributed by atoms with Crippen LogP contribution in [0.25, 0.3) is 0 Å². The summed E-state index contributed by atoms with van der Waals surface area (Å²) in [6, 6.07) is 2.36. The lowest BCUT2D eigenvalue weighted by Gasteiger charge is -2.15. The highest BCUT2D eigenvalue weighted by molar-refractivity contribution is 7.10. The van der Waals surface area contributed by atoms with Gasteiger partial charge in [0, 0.05) is 5.38 Å². The number of nitrogens with zero attached hydrogens (tertiary/aromatic N) is 2. The maximum absolute atomic E-state index is 11.3. The fraction of sp³-hybridized carbons (Fsp3) is 0.545. The van der Waals surface area contributed by atoms with Crippen molar-refractivity contribution in [3.05, 3.63) is 16.1 Å². The van der Waals surface area contributed by atoms with Gasteiger partial charge in [-0.3, -0.25) is 0 Å². The Morgan fingerprint density at radius 3 is 2.88 bits per heavy atom. The summed E-state index contributed by atoms with van der Waals surface area (Å²) in [6.45, 7) is 0. The van der Waals surface area contributed by atoms with Gasteiger partial charge < -0.3 is 4.74 Å². The van der Waals surface area contributed by atoms with Gasteiger partial charge in [0.25, 0.3) is 0 Å². The number of hydrogen-bond acceptors (Lipinski definition) is 5. The lowest BCUT2D eigenvalue weighted by Crippen LogP contribution is -2.19. The van der Waals surface area contributed by atoms with Crippen molar-refractivity contribution in [3.8, 4) is 6.07 Å². The van der Waals surface area contributed by atoms with Crippen molar-refractivity contribution in [2.45, 2.75) is 31.1 Å². The van der Waals surface area contributed by atoms with E-state index in [1.807, 2.05) is 0 Å². The van der Waals surface area contributed by atoms with Gasteiger partial charge in [0.05, 0.1) is 13.2 Å². The zero-order valence-electron chi connectivity index (χ0n) is 9.02. The van der Waals surface area contributed by atoms with E-state index in [9.17, 15) is 10.1 Å². The van der Waals surface area contributed by atoms with Crippen molar-refractivity contribution in [2.75, 3.05) is 7.11 Å². The number of ether oxygens (including phenoxy) is 1. The zero-order chi connectivity index (χ0) is 11.6. The van der Waals surface area contributed by atoms with Crippen molar-refractivity contribution in [1.29, 1.82) is 5.26 Å². The first kappa shape index (κ1) is 11.1. The molecule has 1 aliphatic rings. The number of rotatable bonds is 2. The first-order valence-electron chi connectivity index (χ1n) is 5.17. The van der Waals surface area contributed by atoms with E-state index in [2.05, 4.69) is 15.8 Å². The van der Waals surface area contributed by atoms with Crippen molar-refractivity contribution in [3.63, 3.8) is 0 Å². The van der Waals surface area contributed by atoms with Gasteiger partial charge in [0.15, 0.2) is 5.69 Å². The number of esters is 1. The number of methoxy groups -OCH3 is 1. The molecule has 0 saturated heterocycles. The van der Waals surface area contributed by atoms with Crippen LogP contribution in [0.4, 0.5) is 0 Å². The van der Waals surface area contributed by atoms with Crippen LogP contribution >= 0.6 is 11.3 Å². The van der Waals surface area contributed by atoms with Gasteiger partial charge in [0.1, 0.15) is 10.4 Å². The normalized spacial score (nSPS) is 18.0. The van der Waals surface area contributed by atoms with Crippen LogP contribution in [0.2, 0.25) is 0 Å². The Morgan fingerprint density at radius 2 is 2.31 bits per heavy atom. The van der Waals surface area contributed by atoms with Crippen molar-refractivity contribution in [2.24, 2.45) is 0 Å². The first-order valence-corrected chi connectivity index (χ1v) is 6.05. The molecule has 1 aliphatic carbocycles. The number of hydrogen-bond donors (Lipinski definition) is 0. The summed E-state index contributed by atoms with van der Waals surface area (Å²) in [5.74, 6) is -0.436. The third-order valence-corrected chi connectivity index (χ3v) is 4.03. The largest absolute Gasteiger partial charge is 0.464 e. The average Bonchev–Trinajstić information content (AvgIpc) is 2.96. The van der Waals surface area contributed by atoms with Gasteiger partial charge >= 0.3 is 5.97 Å². The fourth-order valence-corrected chi connectivity index (χ4v) is 3.04. The highest BCUT2D eigenvalue weighted by atomic mass is 32.1. The van der Waals surface area contributed by atoms with E-state index in [0.717, 1.165) is 30.7 Å². The SMILES string of the molecule is COC(=O)c1csc(C2(C#N)CCCC2)n1. The van der Waals surface area contributed by atoms with Crippen molar-refractivity contribution >= 4 is 17.3 Å². The Labute approximate surface area is 97.9 Å². The molecule has 0 atom stereocenters. The maximum Gasteiger partial charge on any atom is 0.357 e. The van der Waals surface area contributed by atoms with Crippen LogP contribution in [0.5, 0.6) is 0 Å². The summed E-state index contributed by atoms with van der Waals surface area (Å²) >= 11 is 1.38. The summed E-state index contributed by atoms with van der Waals surface area (Å²) in [6.07, 6.45) is 3.80. The summed E-state index contributed by atoms with van der Waals surface area (Å²) in [4.78, 5) is 15.5. The van der Waals surface area contributed by atoms with E-state index in [1.54, 1.807) is 5.38 Å². The van der Waals surface area contributed by atoms with Crippen LogP contribution in [0.1, 0.15) is 41.2 Å². The Bertz CT molecular complexity index is 441. The van der Waals surface area contributed by atoms with E-state index < -0.39 is 11.4 Å². The third-order valence-electron chi connectivity index (χ3n) is 2.98. The fourth-order valence-electron chi connectivity index (χ4n) is 2.04. The molecule has 1 aromatic heterocycles. The second kappa shape index (κ2) is 4.22. The minimum atomic E-state index is -0.461. The monoisotopic (exact) mass is 236 g/mol. The summed E-state index contributed by atoms with van der Waals surface area (Å²) in [7, 11) is 1.33. The molecule has 0 N–H and O–H groups in total. The molecule has 0 aromatic carbocycles. The van der Waals surface area contributed by atoms with Crippen LogP contribution in [-0.4, -0.2) is 18.1 Å². The van der Waals surface area contributed by atoms with Gasteiger partial charge in [-0.25, -0.2) is 9.78 Å². The Kier molecular flexibility index (Phi) is 2.92. The van der Waals surface area contributed by atoms with Crippen LogP contribution in [0.3, 0.4) is 0 Å². The molecule has 0 spiro atoms. The number of thiazole rings is 1. The summed E-state index contributed by atoms with van der Waals surface area (Å²) in [5, 5.41) is 11.7. The lowest BCUT2D eigenvalue weighted by atomic mass is 9.89. The second-order valence-corrected chi connectivity index (χ2v) is 4.79. The molecule has 1 aromatic rings. The van der Waals surface area contributed by atoms with Gasteiger partial charge in [-0.2, -0.15) is 5.26 Å². The van der Waals surface area contributed by atoms with E-state index >= 15 is 0 Å². The average molecular weight is 236 g/mol. The molecule has 2 rings (SSSR count). The topological polar surface area (TPSA) is 63.0 Å². The summed E-state index contributed by atoms with van der Waals surface area (Å²) < 4.78 is 4.60. The quantitative estimate of drug-likeness (QED) is 0.739. The van der Waals surface area contributed by atoms with Crippen molar-refractivity contribution < 1.29 is 9.53 Å². The molecule has 84 valence electrons. The van der Waals surface area contributed by atoms with Gasteiger partial charge in [0.2, 0.25) is 0 Å². The van der Waals surface area contributed by atoms with E-state index in [4.69, 9.17) is 0 Å². The number of aromatic nitrogens is 1. The van der Waals surface area contributed by atoms with Crippen LogP contribution in [0, 0.1) is 11.3 Å². The molecule has 16 heavy (non-hydrogen) atoms. The number of carbonyl (C=O) groups is 1. The van der Waals surface area contributed by atoms with Crippen LogP contribution in [-0.2, 0) is 10.2 Å². The van der Waals surface area contributed by atoms with E-state index in [0.29, 0.717) is 5.69 Å². The number of carbonyl (C=O) groups excluding carboxylic acids is 1. The molecule has 0 amide bonds. The molecule has 0 aliphatic heterocycles. The molecule has 0 bridgehead atoms. The third kappa shape index (κ3) is 1.69. The van der Waals surface area contributed by atoms with Crippen LogP contribution in [0.15, 0.2) is 5.38 Å². The predicted molar refractivity (Wildman–Crippen MR) is 59.2 cm³/mol. The molecule has 4 nitrogen and oxygen atoms in total. The molecule has 5 heteroatoms. The first-order chi connectivity index (χ1) is 7.72. The lowest BCUT2D eigenvalue weighted by molar-refractivity contribution is 0.0594. The Morgan fingerprint density at radius 1 is 1.62 bits per heavy atom. The zero-order valence-corrected chi connectivity index (χ0v) is 9.84. The molecule has 0 radical (unpaired) electrons. The standard InChI is InChI=1S/C11H12N2O2S/c1-15-9(14)8-6-16-10(13-8)11(7-12)4-2-3-5-11/h6H,2-5H2,1H3. The minimum absolute atomic E-state index is 0.309. The van der Waals surface area contributed by atoms with Crippen molar-refractivity contribution in [1.82, 2.24) is 4.98 Å². The second-order valence-electron chi connectivity index (χ2n) is 3.93. The molecular formula is C11H12N2O2S. The molecule has 1 fully saturated rings. The molecule has 0 unspecified atom stereocenters. The molecular weight excluding hydrogens is 224 g/mol. The van der Waals surface area contributed by atoms with E-state index in [1.165, 1.54) is 18.4 Å². The maximum atomic E-state index is 11.3. The Hall–Kier alpha value is -1.41. The highest BCUT2D eigenvalue weighted by Crippen LogP contribution is 2.41.